The molecule has 5 nitrogen and oxygen atoms in total. The van der Waals surface area contributed by atoms with Crippen LogP contribution in [0.1, 0.15) is 32.2 Å². The van der Waals surface area contributed by atoms with Gasteiger partial charge in [0.15, 0.2) is 11.7 Å². The van der Waals surface area contributed by atoms with E-state index in [0.29, 0.717) is 24.4 Å². The minimum Gasteiger partial charge on any atom is -0.439 e. The number of aryl methyl sites for hydroxylation is 1. The Hall–Kier alpha value is -1.57. The molecule has 0 aliphatic rings. The predicted molar refractivity (Wildman–Crippen MR) is 110 cm³/mol. The van der Waals surface area contributed by atoms with Crippen LogP contribution >= 0.6 is 24.0 Å². The van der Waals surface area contributed by atoms with Crippen LogP contribution in [0.15, 0.2) is 39.9 Å². The van der Waals surface area contributed by atoms with E-state index in [0.717, 1.165) is 17.3 Å². The van der Waals surface area contributed by atoms with Crippen LogP contribution in [-0.2, 0) is 6.54 Å². The average Bonchev–Trinajstić information content (AvgIpc) is 3.00. The lowest BCUT2D eigenvalue weighted by Gasteiger charge is -2.20. The van der Waals surface area contributed by atoms with Crippen LogP contribution in [0, 0.1) is 12.8 Å². The van der Waals surface area contributed by atoms with E-state index < -0.39 is 0 Å². The van der Waals surface area contributed by atoms with Gasteiger partial charge in [0, 0.05) is 18.7 Å². The van der Waals surface area contributed by atoms with Gasteiger partial charge < -0.3 is 15.1 Å². The molecule has 1 atom stereocenters. The van der Waals surface area contributed by atoms with Gasteiger partial charge in [-0.1, -0.05) is 43.7 Å². The normalized spacial score (nSPS) is 12.7. The Morgan fingerprint density at radius 3 is 2.46 bits per heavy atom. The van der Waals surface area contributed by atoms with E-state index in [-0.39, 0.29) is 24.0 Å². The SMILES string of the molecule is CN=C(NCc1ncc(-c2ccc(C)cc2)o1)NC(C)C(C)C.I. The average molecular weight is 442 g/mol. The summed E-state index contributed by atoms with van der Waals surface area (Å²) in [6.07, 6.45) is 1.76. The first-order valence-corrected chi connectivity index (χ1v) is 7.98. The lowest BCUT2D eigenvalue weighted by molar-refractivity contribution is 0.471. The molecular weight excluding hydrogens is 415 g/mol. The molecule has 2 rings (SSSR count). The molecule has 0 amide bonds. The van der Waals surface area contributed by atoms with Gasteiger partial charge in [0.2, 0.25) is 5.89 Å². The van der Waals surface area contributed by atoms with E-state index in [1.165, 1.54) is 5.56 Å². The molecule has 0 aliphatic heterocycles. The molecule has 2 N–H and O–H groups in total. The second-order valence-corrected chi connectivity index (χ2v) is 6.09. The smallest absolute Gasteiger partial charge is 0.214 e. The van der Waals surface area contributed by atoms with Gasteiger partial charge in [-0.2, -0.15) is 0 Å². The van der Waals surface area contributed by atoms with Crippen molar-refractivity contribution in [3.05, 3.63) is 41.9 Å². The third-order valence-corrected chi connectivity index (χ3v) is 3.88. The van der Waals surface area contributed by atoms with Crippen LogP contribution in [0.4, 0.5) is 0 Å². The molecule has 0 aliphatic carbocycles. The molecule has 0 radical (unpaired) electrons. The zero-order valence-corrected chi connectivity index (χ0v) is 17.3. The first-order chi connectivity index (χ1) is 11.0. The van der Waals surface area contributed by atoms with E-state index in [2.05, 4.69) is 60.4 Å². The molecule has 24 heavy (non-hydrogen) atoms. The number of benzene rings is 1. The Balaban J connectivity index is 0.00000288. The van der Waals surface area contributed by atoms with Crippen molar-refractivity contribution in [3.63, 3.8) is 0 Å². The number of hydrogen-bond acceptors (Lipinski definition) is 3. The summed E-state index contributed by atoms with van der Waals surface area (Å²) < 4.78 is 5.80. The number of rotatable bonds is 5. The highest BCUT2D eigenvalue weighted by molar-refractivity contribution is 14.0. The van der Waals surface area contributed by atoms with Gasteiger partial charge in [-0.05, 0) is 19.8 Å². The number of hydrogen-bond donors (Lipinski definition) is 2. The quantitative estimate of drug-likeness (QED) is 0.418. The predicted octanol–water partition coefficient (Wildman–Crippen LogP) is 3.98. The van der Waals surface area contributed by atoms with Gasteiger partial charge in [0.1, 0.15) is 0 Å². The molecule has 0 bridgehead atoms. The Morgan fingerprint density at radius 1 is 1.21 bits per heavy atom. The molecule has 1 heterocycles. The van der Waals surface area contributed by atoms with E-state index in [1.807, 2.05) is 12.1 Å². The maximum Gasteiger partial charge on any atom is 0.214 e. The fraction of sp³-hybridized carbons (Fsp3) is 0.444. The zero-order chi connectivity index (χ0) is 16.8. The molecule has 2 aromatic rings. The van der Waals surface area contributed by atoms with Gasteiger partial charge in [-0.25, -0.2) is 4.98 Å². The lowest BCUT2D eigenvalue weighted by atomic mass is 10.1. The Kier molecular flexibility index (Phi) is 8.24. The van der Waals surface area contributed by atoms with Crippen molar-refractivity contribution in [2.75, 3.05) is 7.05 Å². The van der Waals surface area contributed by atoms with Crippen molar-refractivity contribution >= 4 is 29.9 Å². The number of aromatic nitrogens is 1. The minimum absolute atomic E-state index is 0. The van der Waals surface area contributed by atoms with Crippen molar-refractivity contribution in [2.45, 2.75) is 40.3 Å². The lowest BCUT2D eigenvalue weighted by Crippen LogP contribution is -2.43. The largest absolute Gasteiger partial charge is 0.439 e. The Bertz CT molecular complexity index is 649. The minimum atomic E-state index is 0. The monoisotopic (exact) mass is 442 g/mol. The number of nitrogens with one attached hydrogen (secondary N) is 2. The van der Waals surface area contributed by atoms with Crippen LogP contribution in [0.5, 0.6) is 0 Å². The fourth-order valence-corrected chi connectivity index (χ4v) is 1.98. The second kappa shape index (κ2) is 9.66. The first kappa shape index (κ1) is 20.5. The standard InChI is InChI=1S/C18H26N4O.HI/c1-12(2)14(4)22-18(19-5)21-11-17-20-10-16(23-17)15-8-6-13(3)7-9-15;/h6-10,12,14H,11H2,1-5H3,(H2,19,21,22);1H. The molecule has 1 aromatic carbocycles. The molecule has 0 saturated carbocycles. The van der Waals surface area contributed by atoms with E-state index in [1.54, 1.807) is 13.2 Å². The summed E-state index contributed by atoms with van der Waals surface area (Å²) in [4.78, 5) is 8.55. The summed E-state index contributed by atoms with van der Waals surface area (Å²) in [5, 5.41) is 6.58. The summed E-state index contributed by atoms with van der Waals surface area (Å²) in [7, 11) is 1.76. The molecule has 0 spiro atoms. The highest BCUT2D eigenvalue weighted by Gasteiger charge is 2.10. The highest BCUT2D eigenvalue weighted by atomic mass is 127. The van der Waals surface area contributed by atoms with Crippen LogP contribution in [-0.4, -0.2) is 24.0 Å². The summed E-state index contributed by atoms with van der Waals surface area (Å²) >= 11 is 0. The van der Waals surface area contributed by atoms with Crippen molar-refractivity contribution in [1.29, 1.82) is 0 Å². The molecule has 1 aromatic heterocycles. The van der Waals surface area contributed by atoms with Crippen molar-refractivity contribution in [2.24, 2.45) is 10.9 Å². The molecule has 132 valence electrons. The van der Waals surface area contributed by atoms with Crippen molar-refractivity contribution in [3.8, 4) is 11.3 Å². The van der Waals surface area contributed by atoms with Crippen LogP contribution < -0.4 is 10.6 Å². The highest BCUT2D eigenvalue weighted by Crippen LogP contribution is 2.20. The molecule has 0 saturated heterocycles. The number of guanidine groups is 1. The van der Waals surface area contributed by atoms with Crippen LogP contribution in [0.2, 0.25) is 0 Å². The summed E-state index contributed by atoms with van der Waals surface area (Å²) in [5.74, 6) is 2.70. The number of aliphatic imine (C=N–C) groups is 1. The second-order valence-electron chi connectivity index (χ2n) is 6.09. The van der Waals surface area contributed by atoms with Gasteiger partial charge in [0.05, 0.1) is 12.7 Å². The maximum absolute atomic E-state index is 5.80. The van der Waals surface area contributed by atoms with E-state index in [9.17, 15) is 0 Å². The van der Waals surface area contributed by atoms with Gasteiger partial charge in [-0.15, -0.1) is 24.0 Å². The Morgan fingerprint density at radius 2 is 1.88 bits per heavy atom. The van der Waals surface area contributed by atoms with Gasteiger partial charge >= 0.3 is 0 Å². The first-order valence-electron chi connectivity index (χ1n) is 7.98. The summed E-state index contributed by atoms with van der Waals surface area (Å²) in [6, 6.07) is 8.55. The molecule has 1 unspecified atom stereocenters. The van der Waals surface area contributed by atoms with E-state index >= 15 is 0 Å². The van der Waals surface area contributed by atoms with Gasteiger partial charge in [0.25, 0.3) is 0 Å². The van der Waals surface area contributed by atoms with Crippen molar-refractivity contribution in [1.82, 2.24) is 15.6 Å². The van der Waals surface area contributed by atoms with Crippen LogP contribution in [0.3, 0.4) is 0 Å². The summed E-state index contributed by atoms with van der Waals surface area (Å²) in [5.41, 5.74) is 2.26. The number of oxazole rings is 1. The third-order valence-electron chi connectivity index (χ3n) is 3.88. The van der Waals surface area contributed by atoms with Gasteiger partial charge in [-0.3, -0.25) is 4.99 Å². The fourth-order valence-electron chi connectivity index (χ4n) is 1.98. The summed E-state index contributed by atoms with van der Waals surface area (Å²) in [6.45, 7) is 9.05. The topological polar surface area (TPSA) is 62.5 Å². The number of halogens is 1. The molecule has 0 fully saturated rings. The zero-order valence-electron chi connectivity index (χ0n) is 15.0. The van der Waals surface area contributed by atoms with Crippen molar-refractivity contribution < 1.29 is 4.42 Å². The number of nitrogens with zero attached hydrogens (tertiary/aromatic N) is 2. The Labute approximate surface area is 161 Å². The molecular formula is C18H27IN4O. The molecule has 6 heteroatoms. The maximum atomic E-state index is 5.80. The van der Waals surface area contributed by atoms with Crippen LogP contribution in [0.25, 0.3) is 11.3 Å². The third kappa shape index (κ3) is 5.81. The van der Waals surface area contributed by atoms with E-state index in [4.69, 9.17) is 4.42 Å².